The Morgan fingerprint density at radius 3 is 2.46 bits per heavy atom. The minimum atomic E-state index is -0.935. The van der Waals surface area contributed by atoms with Crippen molar-refractivity contribution >= 4 is 11.8 Å². The lowest BCUT2D eigenvalue weighted by molar-refractivity contribution is 0.0536. The Hall–Kier alpha value is -3.64. The Balaban J connectivity index is 1.60. The number of ether oxygens (including phenoxy) is 1. The van der Waals surface area contributed by atoms with Crippen LogP contribution >= 0.6 is 11.8 Å². The van der Waals surface area contributed by atoms with Gasteiger partial charge in [0.1, 0.15) is 35.3 Å². The van der Waals surface area contributed by atoms with Gasteiger partial charge in [-0.15, -0.1) is 0 Å². The summed E-state index contributed by atoms with van der Waals surface area (Å²) in [6.07, 6.45) is -0.935. The summed E-state index contributed by atoms with van der Waals surface area (Å²) < 4.78 is 11.5. The van der Waals surface area contributed by atoms with Gasteiger partial charge in [0.15, 0.2) is 0 Å². The SMILES string of the molecule is Cc1ccccc1-c1nc(CSc2nc(C)c(C)c(-c3ccc(OC[C@H](O)CO)cc3)c2C#N)c(C)o1. The lowest BCUT2D eigenvalue weighted by Gasteiger charge is -2.15. The molecule has 0 unspecified atom stereocenters. The highest BCUT2D eigenvalue weighted by Crippen LogP contribution is 2.37. The van der Waals surface area contributed by atoms with E-state index in [0.29, 0.717) is 28.0 Å². The number of benzene rings is 2. The second kappa shape index (κ2) is 11.6. The Morgan fingerprint density at radius 1 is 1.05 bits per heavy atom. The summed E-state index contributed by atoms with van der Waals surface area (Å²) in [6, 6.07) is 17.7. The summed E-state index contributed by atoms with van der Waals surface area (Å²) in [4.78, 5) is 9.47. The van der Waals surface area contributed by atoms with E-state index >= 15 is 0 Å². The summed E-state index contributed by atoms with van der Waals surface area (Å²) in [5.41, 5.74) is 6.87. The molecular formula is C29H29N3O4S. The highest BCUT2D eigenvalue weighted by atomic mass is 32.2. The zero-order valence-corrected chi connectivity index (χ0v) is 22.1. The average Bonchev–Trinajstić information content (AvgIpc) is 3.28. The fraction of sp³-hybridized carbons (Fsp3) is 0.276. The van der Waals surface area contributed by atoms with Crippen molar-refractivity contribution < 1.29 is 19.4 Å². The molecule has 0 radical (unpaired) electrons. The van der Waals surface area contributed by atoms with Crippen LogP contribution in [-0.2, 0) is 5.75 Å². The molecule has 0 fully saturated rings. The van der Waals surface area contributed by atoms with Crippen molar-refractivity contribution in [2.45, 2.75) is 44.6 Å². The molecule has 0 aliphatic heterocycles. The highest BCUT2D eigenvalue weighted by Gasteiger charge is 2.20. The summed E-state index contributed by atoms with van der Waals surface area (Å²) in [6.45, 7) is 7.47. The van der Waals surface area contributed by atoms with Gasteiger partial charge in [-0.1, -0.05) is 42.1 Å². The Morgan fingerprint density at radius 2 is 1.78 bits per heavy atom. The fourth-order valence-corrected chi connectivity index (χ4v) is 4.96. The molecule has 0 aliphatic rings. The Kier molecular flexibility index (Phi) is 8.29. The van der Waals surface area contributed by atoms with Gasteiger partial charge < -0.3 is 19.4 Å². The first-order valence-corrected chi connectivity index (χ1v) is 12.9. The maximum atomic E-state index is 10.1. The topological polar surface area (TPSA) is 112 Å². The van der Waals surface area contributed by atoms with Crippen molar-refractivity contribution in [3.63, 3.8) is 0 Å². The van der Waals surface area contributed by atoms with Crippen molar-refractivity contribution in [1.29, 1.82) is 5.26 Å². The van der Waals surface area contributed by atoms with E-state index < -0.39 is 6.10 Å². The van der Waals surface area contributed by atoms with Crippen LogP contribution < -0.4 is 4.74 Å². The second-order valence-electron chi connectivity index (χ2n) is 8.79. The molecule has 0 spiro atoms. The first-order chi connectivity index (χ1) is 17.8. The molecule has 8 heteroatoms. The van der Waals surface area contributed by atoms with Crippen LogP contribution in [0.2, 0.25) is 0 Å². The van der Waals surface area contributed by atoms with Crippen LogP contribution in [0.15, 0.2) is 58.0 Å². The van der Waals surface area contributed by atoms with Crippen LogP contribution in [0.3, 0.4) is 0 Å². The summed E-state index contributed by atoms with van der Waals surface area (Å²) >= 11 is 1.47. The monoisotopic (exact) mass is 515 g/mol. The van der Waals surface area contributed by atoms with Crippen molar-refractivity contribution in [2.24, 2.45) is 0 Å². The van der Waals surface area contributed by atoms with Gasteiger partial charge in [-0.2, -0.15) is 5.26 Å². The van der Waals surface area contributed by atoms with Crippen LogP contribution in [-0.4, -0.2) is 39.5 Å². The third-order valence-electron chi connectivity index (χ3n) is 6.17. The molecule has 2 N–H and O–H groups in total. The number of nitrogens with zero attached hydrogens (tertiary/aromatic N) is 3. The summed E-state index contributed by atoms with van der Waals surface area (Å²) in [7, 11) is 0. The number of thioether (sulfide) groups is 1. The molecule has 1 atom stereocenters. The molecule has 190 valence electrons. The quantitative estimate of drug-likeness (QED) is 0.280. The van der Waals surface area contributed by atoms with Gasteiger partial charge in [-0.05, 0) is 62.6 Å². The van der Waals surface area contributed by atoms with Crippen LogP contribution in [0, 0.1) is 39.0 Å². The molecule has 4 rings (SSSR count). The molecule has 0 bridgehead atoms. The number of rotatable bonds is 9. The Labute approximate surface area is 220 Å². The van der Waals surface area contributed by atoms with Gasteiger partial charge in [0.2, 0.25) is 5.89 Å². The number of aryl methyl sites for hydroxylation is 3. The first-order valence-electron chi connectivity index (χ1n) is 11.9. The van der Waals surface area contributed by atoms with Crippen LogP contribution in [0.5, 0.6) is 5.75 Å². The molecule has 4 aromatic rings. The number of nitriles is 1. The van der Waals surface area contributed by atoms with Gasteiger partial charge in [-0.25, -0.2) is 9.97 Å². The summed E-state index contributed by atoms with van der Waals surface area (Å²) in [5.74, 6) is 2.42. The van der Waals surface area contributed by atoms with Gasteiger partial charge >= 0.3 is 0 Å². The zero-order valence-electron chi connectivity index (χ0n) is 21.3. The third kappa shape index (κ3) is 5.86. The van der Waals surface area contributed by atoms with E-state index in [4.69, 9.17) is 24.2 Å². The normalized spacial score (nSPS) is 11.8. The lowest BCUT2D eigenvalue weighted by Crippen LogP contribution is -2.21. The molecular weight excluding hydrogens is 486 g/mol. The van der Waals surface area contributed by atoms with E-state index in [1.54, 1.807) is 12.1 Å². The molecule has 2 heterocycles. The fourth-order valence-electron chi connectivity index (χ4n) is 3.93. The number of aliphatic hydroxyl groups excluding tert-OH is 2. The van der Waals surface area contributed by atoms with Gasteiger partial charge in [0.25, 0.3) is 0 Å². The standard InChI is InChI=1S/C29H29N3O4S/c1-17-7-5-6-8-24(17)28-32-26(20(4)36-28)16-37-29-25(13-30)27(18(2)19(3)31-29)21-9-11-23(12-10-21)35-15-22(34)14-33/h5-12,22,33-34H,14-16H2,1-4H3/t22-/m1/s1. The van der Waals surface area contributed by atoms with Gasteiger partial charge in [0.05, 0.1) is 17.9 Å². The minimum absolute atomic E-state index is 0.000489. The molecule has 0 saturated heterocycles. The van der Waals surface area contributed by atoms with E-state index in [2.05, 4.69) is 6.07 Å². The first kappa shape index (κ1) is 26.4. The van der Waals surface area contributed by atoms with E-state index in [-0.39, 0.29) is 13.2 Å². The van der Waals surface area contributed by atoms with Crippen LogP contribution in [0.4, 0.5) is 0 Å². The molecule has 2 aromatic heterocycles. The Bertz CT molecular complexity index is 1440. The molecule has 0 amide bonds. The smallest absolute Gasteiger partial charge is 0.226 e. The van der Waals surface area contributed by atoms with E-state index in [1.807, 2.05) is 64.1 Å². The molecule has 0 saturated carbocycles. The molecule has 7 nitrogen and oxygen atoms in total. The van der Waals surface area contributed by atoms with Crippen LogP contribution in [0.25, 0.3) is 22.6 Å². The number of pyridine rings is 1. The average molecular weight is 516 g/mol. The van der Waals surface area contributed by atoms with Gasteiger partial charge in [-0.3, -0.25) is 0 Å². The predicted octanol–water partition coefficient (Wildman–Crippen LogP) is 5.53. The second-order valence-corrected chi connectivity index (χ2v) is 9.75. The number of oxazole rings is 1. The maximum Gasteiger partial charge on any atom is 0.226 e. The van der Waals surface area contributed by atoms with Crippen molar-refractivity contribution in [3.8, 4) is 34.4 Å². The van der Waals surface area contributed by atoms with E-state index in [1.165, 1.54) is 11.8 Å². The minimum Gasteiger partial charge on any atom is -0.491 e. The predicted molar refractivity (Wildman–Crippen MR) is 143 cm³/mol. The molecule has 0 aliphatic carbocycles. The maximum absolute atomic E-state index is 10.1. The van der Waals surface area contributed by atoms with E-state index in [9.17, 15) is 10.4 Å². The third-order valence-corrected chi connectivity index (χ3v) is 7.16. The number of aromatic nitrogens is 2. The van der Waals surface area contributed by atoms with Crippen molar-refractivity contribution in [2.75, 3.05) is 13.2 Å². The van der Waals surface area contributed by atoms with Gasteiger partial charge in [0, 0.05) is 22.6 Å². The number of hydrogen-bond acceptors (Lipinski definition) is 8. The number of aliphatic hydroxyl groups is 2. The summed E-state index contributed by atoms with van der Waals surface area (Å²) in [5, 5.41) is 29.2. The van der Waals surface area contributed by atoms with Crippen molar-refractivity contribution in [3.05, 3.63) is 82.4 Å². The highest BCUT2D eigenvalue weighted by molar-refractivity contribution is 7.98. The largest absolute Gasteiger partial charge is 0.491 e. The van der Waals surface area contributed by atoms with Crippen LogP contribution in [0.1, 0.15) is 33.8 Å². The van der Waals surface area contributed by atoms with Crippen molar-refractivity contribution in [1.82, 2.24) is 9.97 Å². The van der Waals surface area contributed by atoms with E-state index in [0.717, 1.165) is 45.0 Å². The molecule has 37 heavy (non-hydrogen) atoms. The number of hydrogen-bond donors (Lipinski definition) is 2. The lowest BCUT2D eigenvalue weighted by atomic mass is 9.96. The molecule has 2 aromatic carbocycles. The zero-order chi connectivity index (χ0) is 26.5.